The molecule has 84 valence electrons. The Morgan fingerprint density at radius 1 is 1.13 bits per heavy atom. The average Bonchev–Trinajstić information content (AvgIpc) is 2.14. The molecule has 1 aromatic carbocycles. The van der Waals surface area contributed by atoms with Crippen LogP contribution < -0.4 is 0 Å². The van der Waals surface area contributed by atoms with E-state index in [2.05, 4.69) is 0 Å². The van der Waals surface area contributed by atoms with Gasteiger partial charge >= 0.3 is 0 Å². The van der Waals surface area contributed by atoms with Crippen LogP contribution in [-0.2, 0) is 9.47 Å². The number of hydrogen-bond acceptors (Lipinski definition) is 2. The molecule has 0 spiro atoms. The Bertz CT molecular complexity index is 300. The van der Waals surface area contributed by atoms with Gasteiger partial charge in [0.15, 0.2) is 6.29 Å². The van der Waals surface area contributed by atoms with Crippen LogP contribution in [0.1, 0.15) is 32.6 Å². The van der Waals surface area contributed by atoms with Crippen molar-refractivity contribution in [2.24, 2.45) is 0 Å². The van der Waals surface area contributed by atoms with Crippen molar-refractivity contribution in [1.29, 1.82) is 0 Å². The molecule has 0 aliphatic heterocycles. The monoisotopic (exact) mass is 228 g/mol. The third kappa shape index (κ3) is 4.20. The molecule has 0 aromatic heterocycles. The Labute approximate surface area is 96.2 Å². The van der Waals surface area contributed by atoms with Gasteiger partial charge in [0.05, 0.1) is 5.60 Å². The molecular weight excluding hydrogens is 212 g/mol. The summed E-state index contributed by atoms with van der Waals surface area (Å²) < 4.78 is 11.0. The van der Waals surface area contributed by atoms with E-state index >= 15 is 0 Å². The zero-order valence-electron chi connectivity index (χ0n) is 9.58. The van der Waals surface area contributed by atoms with E-state index in [4.69, 9.17) is 21.1 Å². The van der Waals surface area contributed by atoms with Crippen LogP contribution in [0.25, 0.3) is 0 Å². The summed E-state index contributed by atoms with van der Waals surface area (Å²) in [4.78, 5) is 0. The Balaban J connectivity index is 2.79. The predicted octanol–water partition coefficient (Wildman–Crippen LogP) is 3.80. The molecule has 0 saturated carbocycles. The number of hydrogen-bond donors (Lipinski definition) is 0. The van der Waals surface area contributed by atoms with Gasteiger partial charge in [0.2, 0.25) is 0 Å². The summed E-state index contributed by atoms with van der Waals surface area (Å²) in [5, 5.41) is 0.712. The highest BCUT2D eigenvalue weighted by molar-refractivity contribution is 6.30. The molecule has 0 bridgehead atoms. The molecule has 1 atom stereocenters. The second-order valence-electron chi connectivity index (χ2n) is 4.35. The first-order valence-electron chi connectivity index (χ1n) is 4.88. The minimum Gasteiger partial charge on any atom is -0.352 e. The van der Waals surface area contributed by atoms with Crippen molar-refractivity contribution >= 4 is 11.6 Å². The van der Waals surface area contributed by atoms with Crippen LogP contribution in [0.4, 0.5) is 0 Å². The van der Waals surface area contributed by atoms with Gasteiger partial charge in [-0.1, -0.05) is 23.7 Å². The Morgan fingerprint density at radius 2 is 1.67 bits per heavy atom. The van der Waals surface area contributed by atoms with E-state index in [1.165, 1.54) is 0 Å². The maximum Gasteiger partial charge on any atom is 0.184 e. The molecule has 0 saturated heterocycles. The molecule has 3 heteroatoms. The number of rotatable bonds is 3. The fourth-order valence-corrected chi connectivity index (χ4v) is 1.32. The zero-order valence-corrected chi connectivity index (χ0v) is 10.3. The fourth-order valence-electron chi connectivity index (χ4n) is 1.19. The topological polar surface area (TPSA) is 18.5 Å². The van der Waals surface area contributed by atoms with Crippen LogP contribution in [0.3, 0.4) is 0 Å². The quantitative estimate of drug-likeness (QED) is 0.733. The molecular formula is C12H17ClO2. The van der Waals surface area contributed by atoms with Crippen LogP contribution in [0, 0.1) is 0 Å². The molecule has 0 radical (unpaired) electrons. The van der Waals surface area contributed by atoms with Gasteiger partial charge < -0.3 is 9.47 Å². The molecule has 2 nitrogen and oxygen atoms in total. The molecule has 0 amide bonds. The van der Waals surface area contributed by atoms with Gasteiger partial charge in [0.25, 0.3) is 0 Å². The molecule has 1 unspecified atom stereocenters. The summed E-state index contributed by atoms with van der Waals surface area (Å²) in [5.74, 6) is 0. The molecule has 1 aromatic rings. The summed E-state index contributed by atoms with van der Waals surface area (Å²) in [7, 11) is 1.63. The van der Waals surface area contributed by atoms with E-state index in [1.54, 1.807) is 7.11 Å². The van der Waals surface area contributed by atoms with E-state index in [9.17, 15) is 0 Å². The summed E-state index contributed by atoms with van der Waals surface area (Å²) in [6, 6.07) is 7.47. The van der Waals surface area contributed by atoms with Crippen LogP contribution in [0.15, 0.2) is 24.3 Å². The minimum atomic E-state index is -0.345. The maximum atomic E-state index is 5.81. The van der Waals surface area contributed by atoms with Crippen LogP contribution in [0.2, 0.25) is 5.02 Å². The first-order valence-corrected chi connectivity index (χ1v) is 5.26. The summed E-state index contributed by atoms with van der Waals surface area (Å²) in [6.45, 7) is 5.98. The van der Waals surface area contributed by atoms with Gasteiger partial charge in [0, 0.05) is 17.7 Å². The molecule has 0 N–H and O–H groups in total. The van der Waals surface area contributed by atoms with Crippen molar-refractivity contribution in [1.82, 2.24) is 0 Å². The van der Waals surface area contributed by atoms with Gasteiger partial charge in [-0.15, -0.1) is 0 Å². The van der Waals surface area contributed by atoms with Crippen LogP contribution >= 0.6 is 11.6 Å². The molecule has 0 aliphatic rings. The van der Waals surface area contributed by atoms with Gasteiger partial charge in [-0.25, -0.2) is 0 Å². The third-order valence-electron chi connectivity index (χ3n) is 1.82. The van der Waals surface area contributed by atoms with Gasteiger partial charge in [-0.3, -0.25) is 0 Å². The lowest BCUT2D eigenvalue weighted by atomic mass is 10.1. The van der Waals surface area contributed by atoms with Crippen molar-refractivity contribution in [3.63, 3.8) is 0 Å². The smallest absolute Gasteiger partial charge is 0.184 e. The van der Waals surface area contributed by atoms with E-state index in [0.29, 0.717) is 5.02 Å². The van der Waals surface area contributed by atoms with Crippen molar-refractivity contribution in [2.45, 2.75) is 32.7 Å². The number of halogens is 1. The predicted molar refractivity (Wildman–Crippen MR) is 62.0 cm³/mol. The van der Waals surface area contributed by atoms with Gasteiger partial charge in [-0.2, -0.15) is 0 Å². The van der Waals surface area contributed by atoms with E-state index in [1.807, 2.05) is 45.0 Å². The number of benzene rings is 1. The Morgan fingerprint density at radius 3 is 2.07 bits per heavy atom. The van der Waals surface area contributed by atoms with Crippen molar-refractivity contribution in [3.05, 3.63) is 34.9 Å². The lowest BCUT2D eigenvalue weighted by Gasteiger charge is -2.26. The summed E-state index contributed by atoms with van der Waals surface area (Å²) in [5.41, 5.74) is 0.733. The minimum absolute atomic E-state index is 0.236. The summed E-state index contributed by atoms with van der Waals surface area (Å²) in [6.07, 6.45) is -0.345. The first-order chi connectivity index (χ1) is 6.92. The lowest BCUT2D eigenvalue weighted by molar-refractivity contribution is -0.186. The van der Waals surface area contributed by atoms with Crippen molar-refractivity contribution in [3.8, 4) is 0 Å². The van der Waals surface area contributed by atoms with Crippen molar-refractivity contribution < 1.29 is 9.47 Å². The van der Waals surface area contributed by atoms with E-state index in [-0.39, 0.29) is 11.9 Å². The molecule has 0 fully saturated rings. The Hall–Kier alpha value is -0.570. The lowest BCUT2D eigenvalue weighted by Crippen LogP contribution is -2.23. The highest BCUT2D eigenvalue weighted by Crippen LogP contribution is 2.25. The molecule has 0 heterocycles. The van der Waals surface area contributed by atoms with E-state index < -0.39 is 0 Å². The molecule has 15 heavy (non-hydrogen) atoms. The largest absolute Gasteiger partial charge is 0.352 e. The molecule has 0 aliphatic carbocycles. The van der Waals surface area contributed by atoms with Gasteiger partial charge in [-0.05, 0) is 32.9 Å². The average molecular weight is 229 g/mol. The zero-order chi connectivity index (χ0) is 11.5. The second kappa shape index (κ2) is 4.97. The second-order valence-corrected chi connectivity index (χ2v) is 4.79. The number of ether oxygens (including phenoxy) is 2. The first kappa shape index (κ1) is 12.5. The van der Waals surface area contributed by atoms with Gasteiger partial charge in [0.1, 0.15) is 0 Å². The van der Waals surface area contributed by atoms with Crippen LogP contribution in [-0.4, -0.2) is 12.7 Å². The highest BCUT2D eigenvalue weighted by Gasteiger charge is 2.19. The van der Waals surface area contributed by atoms with Crippen molar-refractivity contribution in [2.75, 3.05) is 7.11 Å². The Kier molecular flexibility index (Phi) is 4.14. The highest BCUT2D eigenvalue weighted by atomic mass is 35.5. The standard InChI is InChI=1S/C12H17ClO2/c1-12(2,3)15-11(14-4)9-5-7-10(13)8-6-9/h5-8,11H,1-4H3. The SMILES string of the molecule is COC(OC(C)(C)C)c1ccc(Cl)cc1. The fraction of sp³-hybridized carbons (Fsp3) is 0.500. The maximum absolute atomic E-state index is 5.81. The van der Waals surface area contributed by atoms with Crippen LogP contribution in [0.5, 0.6) is 0 Å². The number of methoxy groups -OCH3 is 1. The molecule has 1 rings (SSSR count). The third-order valence-corrected chi connectivity index (χ3v) is 2.07. The normalized spacial score (nSPS) is 13.9. The summed E-state index contributed by atoms with van der Waals surface area (Å²) >= 11 is 5.81. The van der Waals surface area contributed by atoms with E-state index in [0.717, 1.165) is 5.56 Å².